The first-order valence-corrected chi connectivity index (χ1v) is 10.1. The van der Waals surface area contributed by atoms with Crippen molar-refractivity contribution in [2.45, 2.75) is 13.0 Å². The number of ether oxygens (including phenoxy) is 1. The van der Waals surface area contributed by atoms with Crippen LogP contribution in [0.15, 0.2) is 53.2 Å². The van der Waals surface area contributed by atoms with Gasteiger partial charge >= 0.3 is 6.43 Å². The normalized spacial score (nSPS) is 14.3. The number of nitrogens with zero attached hydrogens (tertiary/aromatic N) is 7. The third-order valence-corrected chi connectivity index (χ3v) is 5.09. The van der Waals surface area contributed by atoms with Gasteiger partial charge in [-0.25, -0.2) is 4.68 Å². The van der Waals surface area contributed by atoms with E-state index in [1.165, 1.54) is 6.20 Å². The number of benzene rings is 1. The Bertz CT molecular complexity index is 1190. The van der Waals surface area contributed by atoms with Gasteiger partial charge in [0.25, 0.3) is 5.89 Å². The summed E-state index contributed by atoms with van der Waals surface area (Å²) in [4.78, 5) is 6.64. The minimum Gasteiger partial charge on any atom is -0.415 e. The fourth-order valence-corrected chi connectivity index (χ4v) is 3.52. The van der Waals surface area contributed by atoms with E-state index < -0.39 is 12.3 Å². The maximum absolute atomic E-state index is 12.6. The molecule has 4 aromatic rings. The van der Waals surface area contributed by atoms with Crippen LogP contribution in [0.25, 0.3) is 22.7 Å². The summed E-state index contributed by atoms with van der Waals surface area (Å²) >= 11 is 0. The lowest BCUT2D eigenvalue weighted by molar-refractivity contribution is 0.116. The highest BCUT2D eigenvalue weighted by Crippen LogP contribution is 2.30. The number of para-hydroxylation sites is 1. The first kappa shape index (κ1) is 20.2. The Hall–Kier alpha value is -3.73. The summed E-state index contributed by atoms with van der Waals surface area (Å²) in [6, 6.07) is 11.6. The van der Waals surface area contributed by atoms with Gasteiger partial charge in [-0.1, -0.05) is 23.4 Å². The zero-order valence-electron chi connectivity index (χ0n) is 16.9. The van der Waals surface area contributed by atoms with Crippen LogP contribution in [0.4, 0.5) is 14.5 Å². The van der Waals surface area contributed by atoms with Gasteiger partial charge in [-0.2, -0.15) is 8.78 Å². The van der Waals surface area contributed by atoms with Gasteiger partial charge < -0.3 is 14.1 Å². The molecule has 0 unspecified atom stereocenters. The lowest BCUT2D eigenvalue weighted by atomic mass is 10.1. The summed E-state index contributed by atoms with van der Waals surface area (Å²) in [5.41, 5.74) is 4.07. The number of anilines is 1. The van der Waals surface area contributed by atoms with Crippen molar-refractivity contribution in [3.8, 4) is 22.7 Å². The molecule has 1 fully saturated rings. The summed E-state index contributed by atoms with van der Waals surface area (Å²) in [7, 11) is 0. The van der Waals surface area contributed by atoms with Crippen LogP contribution in [0.1, 0.15) is 18.0 Å². The molecule has 0 saturated carbocycles. The summed E-state index contributed by atoms with van der Waals surface area (Å²) in [5.74, 6) is -0.710. The van der Waals surface area contributed by atoms with Gasteiger partial charge in [0.05, 0.1) is 37.2 Å². The Labute approximate surface area is 181 Å². The van der Waals surface area contributed by atoms with Gasteiger partial charge in [0.2, 0.25) is 5.89 Å². The first-order chi connectivity index (χ1) is 15.7. The van der Waals surface area contributed by atoms with E-state index in [0.29, 0.717) is 25.3 Å². The van der Waals surface area contributed by atoms with Gasteiger partial charge in [-0.15, -0.1) is 15.3 Å². The minimum absolute atomic E-state index is 0.00196. The Morgan fingerprint density at radius 3 is 2.59 bits per heavy atom. The Morgan fingerprint density at radius 1 is 1.00 bits per heavy atom. The van der Waals surface area contributed by atoms with E-state index in [2.05, 4.69) is 36.5 Å². The molecule has 0 radical (unpaired) electrons. The maximum atomic E-state index is 12.6. The van der Waals surface area contributed by atoms with Crippen molar-refractivity contribution >= 4 is 5.69 Å². The molecule has 9 nitrogen and oxygen atoms in total. The van der Waals surface area contributed by atoms with Crippen LogP contribution >= 0.6 is 0 Å². The van der Waals surface area contributed by atoms with Gasteiger partial charge in [0, 0.05) is 30.5 Å². The Balaban J connectivity index is 1.32. The van der Waals surface area contributed by atoms with Crippen molar-refractivity contribution in [3.63, 3.8) is 0 Å². The zero-order chi connectivity index (χ0) is 21.9. The molecule has 164 valence electrons. The molecule has 0 aliphatic carbocycles. The number of rotatable bonds is 6. The highest BCUT2D eigenvalue weighted by molar-refractivity contribution is 5.76. The molecule has 0 amide bonds. The van der Waals surface area contributed by atoms with Crippen LogP contribution in [0.3, 0.4) is 0 Å². The van der Waals surface area contributed by atoms with Gasteiger partial charge in [-0.05, 0) is 18.2 Å². The standard InChI is InChI=1S/C21H19F2N7O2/c22-19(23)21-27-26-20(32-21)14-5-6-15(24-11-14)12-30-13-17(25-28-30)16-3-1-2-4-18(16)29-7-9-31-10-8-29/h1-6,11,13,19H,7-10,12H2. The quantitative estimate of drug-likeness (QED) is 0.452. The second-order valence-electron chi connectivity index (χ2n) is 7.20. The van der Waals surface area contributed by atoms with Crippen molar-refractivity contribution in [1.82, 2.24) is 30.2 Å². The van der Waals surface area contributed by atoms with Crippen LogP contribution in [-0.2, 0) is 11.3 Å². The van der Waals surface area contributed by atoms with E-state index in [1.54, 1.807) is 16.8 Å². The second kappa shape index (κ2) is 8.79. The predicted octanol–water partition coefficient (Wildman–Crippen LogP) is 3.21. The Morgan fingerprint density at radius 2 is 1.84 bits per heavy atom. The van der Waals surface area contributed by atoms with Gasteiger partial charge in [-0.3, -0.25) is 4.98 Å². The van der Waals surface area contributed by atoms with E-state index in [0.717, 1.165) is 35.7 Å². The number of pyridine rings is 1. The second-order valence-corrected chi connectivity index (χ2v) is 7.20. The fraction of sp³-hybridized carbons (Fsp3) is 0.286. The number of hydrogen-bond acceptors (Lipinski definition) is 8. The summed E-state index contributed by atoms with van der Waals surface area (Å²) in [6.45, 7) is 3.48. The van der Waals surface area contributed by atoms with Crippen molar-refractivity contribution in [2.75, 3.05) is 31.2 Å². The SMILES string of the molecule is FC(F)c1nnc(-c2ccc(Cn3cc(-c4ccccc4N4CCOCC4)nn3)nc2)o1. The number of morpholine rings is 1. The monoisotopic (exact) mass is 439 g/mol. The Kier molecular flexibility index (Phi) is 5.55. The third-order valence-electron chi connectivity index (χ3n) is 5.09. The molecular formula is C21H19F2N7O2. The average Bonchev–Trinajstić information content (AvgIpc) is 3.51. The van der Waals surface area contributed by atoms with Crippen molar-refractivity contribution in [2.24, 2.45) is 0 Å². The van der Waals surface area contributed by atoms with Gasteiger partial charge in [0.1, 0.15) is 5.69 Å². The highest BCUT2D eigenvalue weighted by atomic mass is 19.3. The molecule has 4 heterocycles. The van der Waals surface area contributed by atoms with E-state index in [-0.39, 0.29) is 5.89 Å². The maximum Gasteiger partial charge on any atom is 0.314 e. The van der Waals surface area contributed by atoms with Crippen molar-refractivity contribution < 1.29 is 17.9 Å². The molecule has 11 heteroatoms. The van der Waals surface area contributed by atoms with Crippen LogP contribution in [0, 0.1) is 0 Å². The molecule has 32 heavy (non-hydrogen) atoms. The molecule has 3 aromatic heterocycles. The lowest BCUT2D eigenvalue weighted by Crippen LogP contribution is -2.36. The zero-order valence-corrected chi connectivity index (χ0v) is 16.9. The first-order valence-electron chi connectivity index (χ1n) is 10.1. The van der Waals surface area contributed by atoms with E-state index in [4.69, 9.17) is 9.15 Å². The fourth-order valence-electron chi connectivity index (χ4n) is 3.52. The van der Waals surface area contributed by atoms with Crippen molar-refractivity contribution in [1.29, 1.82) is 0 Å². The van der Waals surface area contributed by atoms with Crippen LogP contribution in [0.2, 0.25) is 0 Å². The van der Waals surface area contributed by atoms with Crippen molar-refractivity contribution in [3.05, 3.63) is 60.4 Å². The molecule has 0 bridgehead atoms. The van der Waals surface area contributed by atoms with Crippen LogP contribution in [-0.4, -0.2) is 56.5 Å². The minimum atomic E-state index is -2.81. The molecule has 0 atom stereocenters. The number of aromatic nitrogens is 6. The molecule has 0 spiro atoms. The van der Waals surface area contributed by atoms with Gasteiger partial charge in [0.15, 0.2) is 0 Å². The summed E-state index contributed by atoms with van der Waals surface area (Å²) in [5, 5.41) is 15.5. The lowest BCUT2D eigenvalue weighted by Gasteiger charge is -2.30. The number of hydrogen-bond donors (Lipinski definition) is 0. The topological polar surface area (TPSA) is 95.0 Å². The van der Waals surface area contributed by atoms with E-state index in [9.17, 15) is 8.78 Å². The molecular weight excluding hydrogens is 420 g/mol. The molecule has 5 rings (SSSR count). The van der Waals surface area contributed by atoms with E-state index in [1.807, 2.05) is 24.4 Å². The van der Waals surface area contributed by atoms with Crippen LogP contribution < -0.4 is 4.90 Å². The highest BCUT2D eigenvalue weighted by Gasteiger charge is 2.18. The molecule has 1 aromatic carbocycles. The molecule has 1 aliphatic rings. The van der Waals surface area contributed by atoms with Crippen LogP contribution in [0.5, 0.6) is 0 Å². The summed E-state index contributed by atoms with van der Waals surface area (Å²) < 4.78 is 37.4. The summed E-state index contributed by atoms with van der Waals surface area (Å²) in [6.07, 6.45) is 0.573. The third kappa shape index (κ3) is 4.19. The molecule has 0 N–H and O–H groups in total. The number of halogens is 2. The number of alkyl halides is 2. The van der Waals surface area contributed by atoms with E-state index >= 15 is 0 Å². The smallest absolute Gasteiger partial charge is 0.314 e. The predicted molar refractivity (Wildman–Crippen MR) is 110 cm³/mol. The largest absolute Gasteiger partial charge is 0.415 e. The molecule has 1 saturated heterocycles. The molecule has 1 aliphatic heterocycles. The average molecular weight is 439 g/mol.